The number of carboxylic acids is 1. The zero-order valence-electron chi connectivity index (χ0n) is 52.4. The number of hydrogen-bond donors (Lipinski definition) is 4. The van der Waals surface area contributed by atoms with Crippen LogP contribution in [-0.4, -0.2) is 118 Å². The van der Waals surface area contributed by atoms with Crippen LogP contribution in [0.15, 0.2) is 60.9 Å². The van der Waals surface area contributed by atoms with Crippen LogP contribution in [0.4, 0.5) is 20.2 Å². The lowest BCUT2D eigenvalue weighted by molar-refractivity contribution is -0.152. The maximum atomic E-state index is 16.1. The topological polar surface area (TPSA) is 223 Å². The first-order chi connectivity index (χ1) is 43.2. The van der Waals surface area contributed by atoms with E-state index in [1.54, 1.807) is 36.4 Å². The molecule has 23 heteroatoms. The number of Topliss-reactive ketones (excluding diaryl/α,β-unsaturated/α-hetero) is 1. The van der Waals surface area contributed by atoms with E-state index in [1.807, 2.05) is 15.9 Å². The lowest BCUT2D eigenvalue weighted by Gasteiger charge is -2.51. The first-order valence-electron chi connectivity index (χ1n) is 32.4. The molecule has 14 rings (SSSR count). The molecule has 4 amide bonds. The highest BCUT2D eigenvalue weighted by atomic mass is 35.5. The summed E-state index contributed by atoms with van der Waals surface area (Å²) in [7, 11) is 0. The molecule has 8 fully saturated rings. The predicted molar refractivity (Wildman–Crippen MR) is 349 cm³/mol. The lowest BCUT2D eigenvalue weighted by atomic mass is 9.51. The number of anilines is 2. The standard InChI is InChI=1S/C35H40Cl2FN3O4.C25H25Cl2FN2O3.C9H16N2O2.ClH/c1-33(2)9-11-34(12-10-33)18-23(26(42)16-20-4-7-27(45-19-20)31(43)41-14-3-15-41)28(22-8-13-39-30(37)29(22)38)35(34)24-6-5-21(36)17-25(24)40-32(35)44;1-23(2)6-8-24(9-7-23)12-15(21(31)32)18(14-5-10-29-20(27)19(14)28)25(24)16-4-3-13(26)11-17(16)30-22(25)33;10-7-2-3-8(13-6-7)9(12)11-4-1-5-11;/h5-6,8,13,17,20,23,27-28H,3-4,7,9-12,14-16,18-19H2,1-2H3,(H,40,44);3-5,10-11,15,18H,6-9,12H2,1-2H3,(H,30,33)(H,31,32);7-8H,1-6,10H2;1H/t20-,23-,27-,28-,35+;15-,18+,25?;7-,8+;/m011./s1. The van der Waals surface area contributed by atoms with Crippen LogP contribution in [0.25, 0.3) is 0 Å². The molecule has 4 saturated heterocycles. The van der Waals surface area contributed by atoms with E-state index in [2.05, 4.69) is 48.3 Å². The summed E-state index contributed by atoms with van der Waals surface area (Å²) in [6, 6.07) is 13.8. The van der Waals surface area contributed by atoms with Gasteiger partial charge in [0.2, 0.25) is 11.8 Å². The Morgan fingerprint density at radius 1 is 0.620 bits per heavy atom. The van der Waals surface area contributed by atoms with Gasteiger partial charge in [-0.2, -0.15) is 0 Å². The molecule has 1 unspecified atom stereocenters. The van der Waals surface area contributed by atoms with Crippen LogP contribution >= 0.6 is 58.8 Å². The van der Waals surface area contributed by atoms with Gasteiger partial charge in [0, 0.05) is 90.2 Å². The van der Waals surface area contributed by atoms with Crippen LogP contribution in [0.3, 0.4) is 0 Å². The van der Waals surface area contributed by atoms with E-state index in [0.717, 1.165) is 96.0 Å². The fourth-order valence-corrected chi connectivity index (χ4v) is 18.4. The monoisotopic (exact) mass is 1370 g/mol. The van der Waals surface area contributed by atoms with Crippen molar-refractivity contribution in [3.63, 3.8) is 0 Å². The van der Waals surface area contributed by atoms with Crippen LogP contribution in [0, 0.1) is 51.0 Å². The quantitative estimate of drug-likeness (QED) is 0.121. The molecule has 92 heavy (non-hydrogen) atoms. The molecule has 5 N–H and O–H groups in total. The average molecular weight is 1370 g/mol. The normalized spacial score (nSPS) is 30.7. The average Bonchev–Trinajstić information content (AvgIpc) is 1.51. The summed E-state index contributed by atoms with van der Waals surface area (Å²) in [5.74, 6) is -6.10. The van der Waals surface area contributed by atoms with Gasteiger partial charge >= 0.3 is 5.97 Å². The zero-order chi connectivity index (χ0) is 64.7. The van der Waals surface area contributed by atoms with Crippen molar-refractivity contribution in [1.29, 1.82) is 0 Å². The van der Waals surface area contributed by atoms with Crippen LogP contribution < -0.4 is 16.4 Å². The number of likely N-dealkylation sites (tertiary alicyclic amines) is 2. The third-order valence-corrected chi connectivity index (χ3v) is 24.0. The molecular weight excluding hydrogens is 1290 g/mol. The Morgan fingerprint density at radius 3 is 1.43 bits per heavy atom. The Hall–Kier alpha value is -5.05. The number of carboxylic acid groups (broad SMARTS) is 1. The number of fused-ring (bicyclic) bond motifs is 6. The number of nitrogens with two attached hydrogens (primary N) is 1. The number of ketones is 1. The number of pyridine rings is 2. The molecule has 4 saturated carbocycles. The highest BCUT2D eigenvalue weighted by Crippen LogP contribution is 2.74. The minimum absolute atomic E-state index is 0. The third-order valence-electron chi connectivity index (χ3n) is 23.0. The number of carbonyl (C=O) groups excluding carboxylic acids is 5. The molecular formula is C69H82Cl5F2N7O9. The summed E-state index contributed by atoms with van der Waals surface area (Å²) < 4.78 is 43.0. The fourth-order valence-electron chi connectivity index (χ4n) is 17.8. The van der Waals surface area contributed by atoms with E-state index >= 15 is 8.78 Å². The Kier molecular flexibility index (Phi) is 19.4. The number of amides is 4. The Balaban J connectivity index is 0.000000161. The number of benzene rings is 2. The second kappa shape index (κ2) is 26.2. The van der Waals surface area contributed by atoms with Crippen molar-refractivity contribution in [1.82, 2.24) is 19.8 Å². The molecule has 0 bridgehead atoms. The number of aliphatic carboxylic acids is 1. The van der Waals surface area contributed by atoms with E-state index < -0.39 is 69.0 Å². The fraction of sp³-hybridized carbons (Fsp3) is 0.594. The maximum absolute atomic E-state index is 16.1. The van der Waals surface area contributed by atoms with Gasteiger partial charge in [-0.3, -0.25) is 28.8 Å². The molecule has 6 aliphatic heterocycles. The minimum atomic E-state index is -1.25. The SMILES string of the molecule is CC1(C)CCC2(CC1)C[C@@H](C(=O)C[C@@H]1CC[C@@H](C(=O)N3CCC3)OC1)[C@H](c1ccnc(Cl)c1F)[C@]21C(=O)Nc2cc(Cl)ccc21.CC1(C)CCC2(CC1)C[C@@H](C(=O)O)[C@H](c1ccnc(Cl)c1F)C21C(=O)Nc2cc(Cl)ccc21.Cl.N[C@@H]1CC[C@@H](C(=O)N2CCC2)OC1. The molecule has 4 aliphatic carbocycles. The second-order valence-electron chi connectivity index (χ2n) is 29.2. The Labute approximate surface area is 562 Å². The molecule has 0 radical (unpaired) electrons. The second-order valence-corrected chi connectivity index (χ2v) is 30.8. The van der Waals surface area contributed by atoms with Gasteiger partial charge in [-0.15, -0.1) is 12.4 Å². The van der Waals surface area contributed by atoms with Crippen molar-refractivity contribution in [3.05, 3.63) is 115 Å². The molecule has 4 spiro atoms. The lowest BCUT2D eigenvalue weighted by Crippen LogP contribution is -2.52. The smallest absolute Gasteiger partial charge is 0.307 e. The van der Waals surface area contributed by atoms with Gasteiger partial charge in [0.15, 0.2) is 21.9 Å². The summed E-state index contributed by atoms with van der Waals surface area (Å²) in [6.45, 7) is 13.1. The molecule has 16 nitrogen and oxygen atoms in total. The molecule has 10 atom stereocenters. The van der Waals surface area contributed by atoms with E-state index in [1.165, 1.54) is 18.5 Å². The number of carbonyl (C=O) groups is 6. The minimum Gasteiger partial charge on any atom is -0.481 e. The highest BCUT2D eigenvalue weighted by Gasteiger charge is 2.74. The van der Waals surface area contributed by atoms with Gasteiger partial charge in [0.05, 0.1) is 30.0 Å². The van der Waals surface area contributed by atoms with E-state index in [-0.39, 0.29) is 105 Å². The number of hydrogen-bond acceptors (Lipinski definition) is 11. The third kappa shape index (κ3) is 11.8. The van der Waals surface area contributed by atoms with Gasteiger partial charge in [0.25, 0.3) is 11.8 Å². The van der Waals surface area contributed by atoms with Crippen LogP contribution in [0.2, 0.25) is 20.4 Å². The number of aromatic nitrogens is 2. The predicted octanol–water partition coefficient (Wildman–Crippen LogP) is 13.4. The van der Waals surface area contributed by atoms with E-state index in [0.29, 0.717) is 72.3 Å². The Bertz CT molecular complexity index is 3540. The number of rotatable bonds is 8. The van der Waals surface area contributed by atoms with E-state index in [9.17, 15) is 33.9 Å². The van der Waals surface area contributed by atoms with E-state index in [4.69, 9.17) is 61.6 Å². The van der Waals surface area contributed by atoms with Gasteiger partial charge < -0.3 is 40.7 Å². The van der Waals surface area contributed by atoms with Gasteiger partial charge in [-0.05, 0) is 189 Å². The number of nitrogens with one attached hydrogen (secondary N) is 2. The van der Waals surface area contributed by atoms with Crippen LogP contribution in [0.1, 0.15) is 171 Å². The Morgan fingerprint density at radius 2 is 1.04 bits per heavy atom. The van der Waals surface area contributed by atoms with Gasteiger partial charge in [0.1, 0.15) is 18.0 Å². The molecule has 496 valence electrons. The zero-order valence-corrected chi connectivity index (χ0v) is 56.3. The van der Waals surface area contributed by atoms with Crippen molar-refractivity contribution in [2.24, 2.45) is 45.1 Å². The number of ether oxygens (including phenoxy) is 2. The highest BCUT2D eigenvalue weighted by molar-refractivity contribution is 6.32. The van der Waals surface area contributed by atoms with Gasteiger partial charge in [-0.25, -0.2) is 18.7 Å². The summed E-state index contributed by atoms with van der Waals surface area (Å²) in [5.41, 5.74) is 5.24. The molecule has 10 aliphatic rings. The first kappa shape index (κ1) is 68.3. The van der Waals surface area contributed by atoms with Gasteiger partial charge in [-0.1, -0.05) is 86.2 Å². The maximum Gasteiger partial charge on any atom is 0.307 e. The van der Waals surface area contributed by atoms with Crippen molar-refractivity contribution in [2.45, 2.75) is 178 Å². The molecule has 8 heterocycles. The molecule has 4 aromatic rings. The summed E-state index contributed by atoms with van der Waals surface area (Å²) >= 11 is 24.9. The largest absolute Gasteiger partial charge is 0.481 e. The van der Waals surface area contributed by atoms with Crippen molar-refractivity contribution in [2.75, 3.05) is 50.0 Å². The number of halogens is 7. The summed E-state index contributed by atoms with van der Waals surface area (Å²) in [4.78, 5) is 91.7. The van der Waals surface area contributed by atoms with Crippen molar-refractivity contribution in [3.8, 4) is 0 Å². The van der Waals surface area contributed by atoms with Crippen molar-refractivity contribution < 1.29 is 52.1 Å². The summed E-state index contributed by atoms with van der Waals surface area (Å²) in [6.07, 6.45) is 14.6. The molecule has 2 aromatic heterocycles. The molecule has 2 aromatic carbocycles. The first-order valence-corrected chi connectivity index (χ1v) is 33.9. The van der Waals surface area contributed by atoms with Crippen LogP contribution in [-0.2, 0) is 49.1 Å². The number of nitrogens with zero attached hydrogens (tertiary/aromatic N) is 4. The van der Waals surface area contributed by atoms with Crippen LogP contribution in [0.5, 0.6) is 0 Å². The summed E-state index contributed by atoms with van der Waals surface area (Å²) in [5, 5.41) is 16.8. The van der Waals surface area contributed by atoms with Crippen molar-refractivity contribution >= 4 is 106 Å².